The van der Waals surface area contributed by atoms with Gasteiger partial charge in [-0.15, -0.1) is 0 Å². The monoisotopic (exact) mass is 262 g/mol. The number of piperidine rings is 1. The van der Waals surface area contributed by atoms with Crippen molar-refractivity contribution in [1.29, 1.82) is 0 Å². The lowest BCUT2D eigenvalue weighted by Gasteiger charge is -2.33. The highest BCUT2D eigenvalue weighted by Crippen LogP contribution is 2.27. The molecule has 3 nitrogen and oxygen atoms in total. The number of hydrogen-bond acceptors (Lipinski definition) is 3. The number of hydrogen-bond donors (Lipinski definition) is 1. The average molecular weight is 262 g/mol. The molecule has 1 aliphatic rings. The largest absolute Gasteiger partial charge is 0.496 e. The molecule has 1 unspecified atom stereocenters. The number of methoxy groups -OCH3 is 1. The fourth-order valence-electron chi connectivity index (χ4n) is 2.86. The van der Waals surface area contributed by atoms with Crippen molar-refractivity contribution in [3.63, 3.8) is 0 Å². The number of rotatable bonds is 5. The number of benzene rings is 1. The predicted octanol–water partition coefficient (Wildman–Crippen LogP) is 2.47. The first-order valence-corrected chi connectivity index (χ1v) is 7.30. The van der Waals surface area contributed by atoms with E-state index in [0.29, 0.717) is 12.5 Å². The molecule has 0 amide bonds. The molecule has 2 rings (SSSR count). The average Bonchev–Trinajstić information content (AvgIpc) is 2.46. The Labute approximate surface area is 116 Å². The second-order valence-electron chi connectivity index (χ2n) is 5.66. The molecular weight excluding hydrogens is 236 g/mol. The van der Waals surface area contributed by atoms with Gasteiger partial charge < -0.3 is 15.4 Å². The Balaban J connectivity index is 2.03. The van der Waals surface area contributed by atoms with Gasteiger partial charge in [0.2, 0.25) is 0 Å². The molecule has 19 heavy (non-hydrogen) atoms. The van der Waals surface area contributed by atoms with Gasteiger partial charge in [0.05, 0.1) is 7.11 Å². The molecule has 1 heterocycles. The molecule has 0 bridgehead atoms. The Morgan fingerprint density at radius 1 is 1.32 bits per heavy atom. The standard InChI is InChI=1S/C16H26N2O/c1-13-7-9-18(10-8-13)12-14(11-17)15-5-3-4-6-16(15)19-2/h3-6,13-14H,7-12,17H2,1-2H3. The van der Waals surface area contributed by atoms with Gasteiger partial charge in [-0.3, -0.25) is 0 Å². The molecule has 2 N–H and O–H groups in total. The first kappa shape index (κ1) is 14.4. The molecule has 1 fully saturated rings. The molecule has 106 valence electrons. The maximum atomic E-state index is 5.99. The lowest BCUT2D eigenvalue weighted by atomic mass is 9.94. The summed E-state index contributed by atoms with van der Waals surface area (Å²) >= 11 is 0. The number of ether oxygens (including phenoxy) is 1. The summed E-state index contributed by atoms with van der Waals surface area (Å²) in [5.74, 6) is 2.20. The van der Waals surface area contributed by atoms with Crippen LogP contribution in [-0.2, 0) is 0 Å². The van der Waals surface area contributed by atoms with Crippen LogP contribution < -0.4 is 10.5 Å². The van der Waals surface area contributed by atoms with Gasteiger partial charge in [-0.1, -0.05) is 25.1 Å². The van der Waals surface area contributed by atoms with E-state index in [1.165, 1.54) is 31.5 Å². The molecule has 1 aliphatic heterocycles. The summed E-state index contributed by atoms with van der Waals surface area (Å²) in [6.07, 6.45) is 2.62. The third kappa shape index (κ3) is 3.71. The summed E-state index contributed by atoms with van der Waals surface area (Å²) in [7, 11) is 1.73. The van der Waals surface area contributed by atoms with Crippen LogP contribution >= 0.6 is 0 Å². The molecule has 1 aromatic rings. The topological polar surface area (TPSA) is 38.5 Å². The minimum absolute atomic E-state index is 0.365. The summed E-state index contributed by atoms with van der Waals surface area (Å²) in [4.78, 5) is 2.55. The highest BCUT2D eigenvalue weighted by molar-refractivity contribution is 5.36. The third-order valence-corrected chi connectivity index (χ3v) is 4.22. The predicted molar refractivity (Wildman–Crippen MR) is 79.6 cm³/mol. The van der Waals surface area contributed by atoms with Crippen molar-refractivity contribution in [2.45, 2.75) is 25.7 Å². The van der Waals surface area contributed by atoms with E-state index in [2.05, 4.69) is 24.0 Å². The second-order valence-corrected chi connectivity index (χ2v) is 5.66. The quantitative estimate of drug-likeness (QED) is 0.886. The molecule has 1 atom stereocenters. The number of nitrogens with zero attached hydrogens (tertiary/aromatic N) is 1. The van der Waals surface area contributed by atoms with Crippen LogP contribution in [0.3, 0.4) is 0 Å². The van der Waals surface area contributed by atoms with Crippen molar-refractivity contribution >= 4 is 0 Å². The van der Waals surface area contributed by atoms with E-state index < -0.39 is 0 Å². The van der Waals surface area contributed by atoms with Crippen LogP contribution in [0.15, 0.2) is 24.3 Å². The Morgan fingerprint density at radius 2 is 2.00 bits per heavy atom. The molecule has 1 saturated heterocycles. The van der Waals surface area contributed by atoms with Gasteiger partial charge in [-0.05, 0) is 43.5 Å². The van der Waals surface area contributed by atoms with Crippen molar-refractivity contribution in [2.24, 2.45) is 11.7 Å². The van der Waals surface area contributed by atoms with Crippen LogP contribution in [0.2, 0.25) is 0 Å². The van der Waals surface area contributed by atoms with Crippen molar-refractivity contribution < 1.29 is 4.74 Å². The van der Waals surface area contributed by atoms with E-state index in [4.69, 9.17) is 10.5 Å². The highest BCUT2D eigenvalue weighted by Gasteiger charge is 2.21. The molecule has 1 aromatic carbocycles. The molecule has 0 saturated carbocycles. The summed E-state index contributed by atoms with van der Waals surface area (Å²) < 4.78 is 5.46. The van der Waals surface area contributed by atoms with Crippen LogP contribution in [0.1, 0.15) is 31.2 Å². The highest BCUT2D eigenvalue weighted by atomic mass is 16.5. The van der Waals surface area contributed by atoms with Gasteiger partial charge >= 0.3 is 0 Å². The van der Waals surface area contributed by atoms with Crippen LogP contribution in [0.5, 0.6) is 5.75 Å². The molecule has 0 aliphatic carbocycles. The van der Waals surface area contributed by atoms with Crippen LogP contribution in [0.4, 0.5) is 0 Å². The van der Waals surface area contributed by atoms with Crippen LogP contribution in [0.25, 0.3) is 0 Å². The van der Waals surface area contributed by atoms with E-state index in [1.807, 2.05) is 12.1 Å². The van der Waals surface area contributed by atoms with Crippen molar-refractivity contribution in [3.8, 4) is 5.75 Å². The maximum absolute atomic E-state index is 5.99. The number of nitrogens with two attached hydrogens (primary N) is 1. The van der Waals surface area contributed by atoms with Crippen molar-refractivity contribution in [3.05, 3.63) is 29.8 Å². The Morgan fingerprint density at radius 3 is 2.63 bits per heavy atom. The van der Waals surface area contributed by atoms with Gasteiger partial charge in [0.25, 0.3) is 0 Å². The molecule has 0 aromatic heterocycles. The maximum Gasteiger partial charge on any atom is 0.122 e. The van der Waals surface area contributed by atoms with E-state index >= 15 is 0 Å². The zero-order chi connectivity index (χ0) is 13.7. The van der Waals surface area contributed by atoms with E-state index in [-0.39, 0.29) is 0 Å². The Bertz CT molecular complexity index is 386. The first-order chi connectivity index (χ1) is 9.24. The van der Waals surface area contributed by atoms with Gasteiger partial charge in [0.1, 0.15) is 5.75 Å². The van der Waals surface area contributed by atoms with Crippen LogP contribution in [0, 0.1) is 5.92 Å². The van der Waals surface area contributed by atoms with Gasteiger partial charge in [0.15, 0.2) is 0 Å². The van der Waals surface area contributed by atoms with Crippen molar-refractivity contribution in [2.75, 3.05) is 33.3 Å². The SMILES string of the molecule is COc1ccccc1C(CN)CN1CCC(C)CC1. The number of para-hydroxylation sites is 1. The molecular formula is C16H26N2O. The second kappa shape index (κ2) is 6.92. The normalized spacial score (nSPS) is 19.3. The third-order valence-electron chi connectivity index (χ3n) is 4.22. The summed E-state index contributed by atoms with van der Waals surface area (Å²) in [6.45, 7) is 6.47. The fourth-order valence-corrected chi connectivity index (χ4v) is 2.86. The zero-order valence-corrected chi connectivity index (χ0v) is 12.1. The summed E-state index contributed by atoms with van der Waals surface area (Å²) in [6, 6.07) is 8.25. The minimum Gasteiger partial charge on any atom is -0.496 e. The molecule has 3 heteroatoms. The smallest absolute Gasteiger partial charge is 0.122 e. The molecule has 0 spiro atoms. The lowest BCUT2D eigenvalue weighted by Crippen LogP contribution is -2.37. The van der Waals surface area contributed by atoms with Crippen LogP contribution in [-0.4, -0.2) is 38.2 Å². The minimum atomic E-state index is 0.365. The van der Waals surface area contributed by atoms with E-state index in [0.717, 1.165) is 18.2 Å². The number of likely N-dealkylation sites (tertiary alicyclic amines) is 1. The van der Waals surface area contributed by atoms with Gasteiger partial charge in [-0.2, -0.15) is 0 Å². The Kier molecular flexibility index (Phi) is 5.23. The lowest BCUT2D eigenvalue weighted by molar-refractivity contribution is 0.182. The van der Waals surface area contributed by atoms with Gasteiger partial charge in [-0.25, -0.2) is 0 Å². The van der Waals surface area contributed by atoms with E-state index in [9.17, 15) is 0 Å². The van der Waals surface area contributed by atoms with E-state index in [1.54, 1.807) is 7.11 Å². The van der Waals surface area contributed by atoms with Gasteiger partial charge in [0, 0.05) is 19.0 Å². The first-order valence-electron chi connectivity index (χ1n) is 7.30. The summed E-state index contributed by atoms with van der Waals surface area (Å²) in [5, 5.41) is 0. The molecule has 0 radical (unpaired) electrons. The Hall–Kier alpha value is -1.06. The fraction of sp³-hybridized carbons (Fsp3) is 0.625. The summed E-state index contributed by atoms with van der Waals surface area (Å²) in [5.41, 5.74) is 7.23. The zero-order valence-electron chi connectivity index (χ0n) is 12.1. The van der Waals surface area contributed by atoms with Crippen molar-refractivity contribution in [1.82, 2.24) is 4.90 Å².